The molecule has 6 nitrogen and oxygen atoms in total. The topological polar surface area (TPSA) is 77.1 Å². The van der Waals surface area contributed by atoms with E-state index in [-0.39, 0.29) is 12.6 Å². The van der Waals surface area contributed by atoms with E-state index >= 15 is 0 Å². The molecule has 2 aromatic heterocycles. The highest BCUT2D eigenvalue weighted by Gasteiger charge is 2.10. The Bertz CT molecular complexity index is 832. The van der Waals surface area contributed by atoms with E-state index in [1.807, 2.05) is 24.3 Å². The average molecular weight is 315 g/mol. The summed E-state index contributed by atoms with van der Waals surface area (Å²) in [6, 6.07) is 7.61. The minimum Gasteiger partial charge on any atom is -0.336 e. The molecule has 0 aliphatic heterocycles. The fourth-order valence-electron chi connectivity index (χ4n) is 2.01. The van der Waals surface area contributed by atoms with Crippen LogP contribution in [0.25, 0.3) is 21.6 Å². The van der Waals surface area contributed by atoms with Gasteiger partial charge in [-0.2, -0.15) is 4.74 Å². The predicted octanol–water partition coefficient (Wildman–Crippen LogP) is 2.33. The molecule has 0 radical (unpaired) electrons. The summed E-state index contributed by atoms with van der Waals surface area (Å²) in [7, 11) is 0. The first-order valence-corrected chi connectivity index (χ1v) is 7.46. The molecule has 3 aromatic rings. The number of aromatic nitrogens is 2. The molecule has 0 spiro atoms. The Hall–Kier alpha value is -2.67. The van der Waals surface area contributed by atoms with Crippen molar-refractivity contribution in [3.63, 3.8) is 0 Å². The zero-order valence-corrected chi connectivity index (χ0v) is 12.6. The lowest BCUT2D eigenvalue weighted by Gasteiger charge is -2.00. The van der Waals surface area contributed by atoms with Gasteiger partial charge in [0.25, 0.3) is 0 Å². The van der Waals surface area contributed by atoms with Gasteiger partial charge in [0.05, 0.1) is 22.1 Å². The number of nitrogens with zero attached hydrogens (tertiary/aromatic N) is 2. The molecule has 7 heteroatoms. The minimum absolute atomic E-state index is 0.128. The molecule has 0 unspecified atom stereocenters. The van der Waals surface area contributed by atoms with Gasteiger partial charge in [0.15, 0.2) is 0 Å². The molecule has 2 heterocycles. The second-order valence-electron chi connectivity index (χ2n) is 4.67. The van der Waals surface area contributed by atoms with Crippen LogP contribution in [0.1, 0.15) is 6.92 Å². The third kappa shape index (κ3) is 2.99. The van der Waals surface area contributed by atoms with Gasteiger partial charge in [-0.25, -0.2) is 4.79 Å². The molecule has 0 aliphatic rings. The summed E-state index contributed by atoms with van der Waals surface area (Å²) in [5.74, 6) is -0.188. The first-order valence-electron chi connectivity index (χ1n) is 6.58. The number of amides is 1. The summed E-state index contributed by atoms with van der Waals surface area (Å²) in [6.45, 7) is 1.53. The summed E-state index contributed by atoms with van der Waals surface area (Å²) >= 11 is 1.56. The van der Waals surface area contributed by atoms with E-state index < -0.39 is 5.63 Å². The molecule has 112 valence electrons. The highest BCUT2D eigenvalue weighted by atomic mass is 32.1. The number of rotatable bonds is 4. The van der Waals surface area contributed by atoms with Crippen molar-refractivity contribution in [3.05, 3.63) is 52.6 Å². The molecule has 0 bridgehead atoms. The van der Waals surface area contributed by atoms with Crippen LogP contribution in [0.5, 0.6) is 0 Å². The number of nitrogens with one attached hydrogen (secondary N) is 1. The van der Waals surface area contributed by atoms with Crippen molar-refractivity contribution < 1.29 is 9.32 Å². The van der Waals surface area contributed by atoms with Crippen LogP contribution in [-0.2, 0) is 11.5 Å². The molecule has 1 amide bonds. The maximum absolute atomic E-state index is 11.9. The van der Waals surface area contributed by atoms with Crippen molar-refractivity contribution in [2.24, 2.45) is 0 Å². The molecule has 0 fully saturated rings. The number of carbonyl (C=O) groups is 1. The summed E-state index contributed by atoms with van der Waals surface area (Å²) in [5, 5.41) is 2.57. The Kier molecular flexibility index (Phi) is 3.88. The molecule has 0 aliphatic carbocycles. The van der Waals surface area contributed by atoms with E-state index in [0.717, 1.165) is 16.0 Å². The highest BCUT2D eigenvalue weighted by molar-refractivity contribution is 7.13. The molecular weight excluding hydrogens is 302 g/mol. The molecule has 22 heavy (non-hydrogen) atoms. The van der Waals surface area contributed by atoms with Gasteiger partial charge in [-0.3, -0.25) is 9.78 Å². The molecule has 0 saturated heterocycles. The van der Waals surface area contributed by atoms with Crippen LogP contribution in [0.3, 0.4) is 0 Å². The molecule has 3 rings (SSSR count). The Morgan fingerprint density at radius 2 is 2.05 bits per heavy atom. The van der Waals surface area contributed by atoms with Gasteiger partial charge in [0.2, 0.25) is 5.91 Å². The zero-order valence-electron chi connectivity index (χ0n) is 11.8. The van der Waals surface area contributed by atoms with E-state index in [4.69, 9.17) is 4.52 Å². The van der Waals surface area contributed by atoms with E-state index in [1.54, 1.807) is 29.2 Å². The maximum Gasteiger partial charge on any atom is 0.365 e. The van der Waals surface area contributed by atoms with Crippen LogP contribution in [0, 0.1) is 0 Å². The lowest BCUT2D eigenvalue weighted by molar-refractivity contribution is -0.119. The van der Waals surface area contributed by atoms with E-state index in [2.05, 4.69) is 10.3 Å². The predicted molar refractivity (Wildman–Crippen MR) is 83.3 cm³/mol. The standard InChI is InChI=1S/C15H13N3O3S/c1-10(19)17-8-18-7-13(15(20)21-18)11-2-4-12(5-3-11)14-6-16-9-22-14/h2-7,9H,8H2,1H3,(H,17,19). The Balaban J connectivity index is 1.85. The van der Waals surface area contributed by atoms with Crippen LogP contribution in [0.2, 0.25) is 0 Å². The molecular formula is C15H13N3O3S. The zero-order chi connectivity index (χ0) is 15.5. The fourth-order valence-corrected chi connectivity index (χ4v) is 2.64. The maximum atomic E-state index is 11.9. The summed E-state index contributed by atoms with van der Waals surface area (Å²) in [4.78, 5) is 27.9. The van der Waals surface area contributed by atoms with Crippen LogP contribution in [-0.4, -0.2) is 15.6 Å². The fraction of sp³-hybridized carbons (Fsp3) is 0.133. The van der Waals surface area contributed by atoms with Crippen molar-refractivity contribution in [1.82, 2.24) is 15.0 Å². The number of carbonyl (C=O) groups excluding carboxylic acids is 1. The summed E-state index contributed by atoms with van der Waals surface area (Å²) in [5.41, 5.74) is 3.62. The van der Waals surface area contributed by atoms with Gasteiger partial charge < -0.3 is 9.84 Å². The Labute approximate surface area is 130 Å². The largest absolute Gasteiger partial charge is 0.365 e. The van der Waals surface area contributed by atoms with Gasteiger partial charge in [-0.15, -0.1) is 11.3 Å². The SMILES string of the molecule is CC(=O)NCn1cc(-c2ccc(-c3cncs3)cc2)c(=O)o1. The van der Waals surface area contributed by atoms with Crippen molar-refractivity contribution in [3.8, 4) is 21.6 Å². The lowest BCUT2D eigenvalue weighted by atomic mass is 10.1. The van der Waals surface area contributed by atoms with E-state index in [1.165, 1.54) is 11.7 Å². The second kappa shape index (κ2) is 5.98. The van der Waals surface area contributed by atoms with Crippen molar-refractivity contribution in [1.29, 1.82) is 0 Å². The quantitative estimate of drug-likeness (QED) is 0.801. The third-order valence-electron chi connectivity index (χ3n) is 3.09. The van der Waals surface area contributed by atoms with E-state index in [9.17, 15) is 9.59 Å². The smallest absolute Gasteiger partial charge is 0.336 e. The van der Waals surface area contributed by atoms with Gasteiger partial charge in [0.1, 0.15) is 6.67 Å². The molecule has 1 aromatic carbocycles. The molecule has 0 saturated carbocycles. The third-order valence-corrected chi connectivity index (χ3v) is 3.91. The van der Waals surface area contributed by atoms with Crippen LogP contribution < -0.4 is 10.9 Å². The highest BCUT2D eigenvalue weighted by Crippen LogP contribution is 2.25. The number of hydrogen-bond donors (Lipinski definition) is 1. The first kappa shape index (κ1) is 14.3. The second-order valence-corrected chi connectivity index (χ2v) is 5.56. The van der Waals surface area contributed by atoms with Crippen LogP contribution in [0.4, 0.5) is 0 Å². The molecule has 1 N–H and O–H groups in total. The van der Waals surface area contributed by atoms with Crippen molar-refractivity contribution >= 4 is 17.2 Å². The van der Waals surface area contributed by atoms with Gasteiger partial charge >= 0.3 is 5.63 Å². The minimum atomic E-state index is -0.434. The van der Waals surface area contributed by atoms with Crippen molar-refractivity contribution in [2.75, 3.05) is 0 Å². The van der Waals surface area contributed by atoms with Gasteiger partial charge in [-0.1, -0.05) is 24.3 Å². The Morgan fingerprint density at radius 1 is 1.32 bits per heavy atom. The van der Waals surface area contributed by atoms with E-state index in [0.29, 0.717) is 5.56 Å². The average Bonchev–Trinajstić information content (AvgIpc) is 3.15. The summed E-state index contributed by atoms with van der Waals surface area (Å²) < 4.78 is 6.36. The van der Waals surface area contributed by atoms with Crippen LogP contribution in [0.15, 0.2) is 51.5 Å². The van der Waals surface area contributed by atoms with Crippen molar-refractivity contribution in [2.45, 2.75) is 13.6 Å². The van der Waals surface area contributed by atoms with Gasteiger partial charge in [-0.05, 0) is 11.1 Å². The van der Waals surface area contributed by atoms with Gasteiger partial charge in [0, 0.05) is 13.1 Å². The number of hydrogen-bond acceptors (Lipinski definition) is 5. The first-order chi connectivity index (χ1) is 10.6. The number of thiazole rings is 1. The molecule has 0 atom stereocenters. The monoisotopic (exact) mass is 315 g/mol. The summed E-state index contributed by atoms with van der Waals surface area (Å²) in [6.07, 6.45) is 3.39. The number of benzene rings is 1. The lowest BCUT2D eigenvalue weighted by Crippen LogP contribution is -2.22. The normalized spacial score (nSPS) is 10.6. The van der Waals surface area contributed by atoms with Crippen LogP contribution >= 0.6 is 11.3 Å². The Morgan fingerprint density at radius 3 is 2.68 bits per heavy atom.